The van der Waals surface area contributed by atoms with Gasteiger partial charge in [-0.2, -0.15) is 0 Å². The smallest absolute Gasteiger partial charge is 0.288 e. The van der Waals surface area contributed by atoms with E-state index < -0.39 is 4.92 Å². The summed E-state index contributed by atoms with van der Waals surface area (Å²) >= 11 is 7.06. The standard InChI is InChI=1S/C11H7ClN2O3S/c12-9-2-1-7(3-10(9)14(16)17)4-11-13-8(5-15)6-18-11/h1-3,5-6H,4H2. The zero-order chi connectivity index (χ0) is 13.1. The number of aldehydes is 1. The van der Waals surface area contributed by atoms with Crippen LogP contribution in [0.2, 0.25) is 5.02 Å². The van der Waals surface area contributed by atoms with Gasteiger partial charge in [-0.05, 0) is 11.6 Å². The number of rotatable bonds is 4. The summed E-state index contributed by atoms with van der Waals surface area (Å²) in [6.07, 6.45) is 1.11. The zero-order valence-corrected chi connectivity index (χ0v) is 10.6. The van der Waals surface area contributed by atoms with Gasteiger partial charge < -0.3 is 0 Å². The molecule has 0 atom stereocenters. The Morgan fingerprint density at radius 2 is 2.28 bits per heavy atom. The minimum Gasteiger partial charge on any atom is -0.296 e. The molecule has 1 heterocycles. The van der Waals surface area contributed by atoms with Gasteiger partial charge >= 0.3 is 0 Å². The number of benzene rings is 1. The van der Waals surface area contributed by atoms with E-state index in [1.165, 1.54) is 23.5 Å². The number of hydrogen-bond donors (Lipinski definition) is 0. The summed E-state index contributed by atoms with van der Waals surface area (Å²) in [5, 5.41) is 13.2. The average molecular weight is 283 g/mol. The molecule has 5 nitrogen and oxygen atoms in total. The first-order chi connectivity index (χ1) is 8.60. The molecule has 18 heavy (non-hydrogen) atoms. The lowest BCUT2D eigenvalue weighted by atomic mass is 10.1. The van der Waals surface area contributed by atoms with E-state index in [4.69, 9.17) is 11.6 Å². The van der Waals surface area contributed by atoms with Crippen molar-refractivity contribution in [2.75, 3.05) is 0 Å². The molecule has 0 fully saturated rings. The van der Waals surface area contributed by atoms with Crippen LogP contribution in [0.1, 0.15) is 21.1 Å². The van der Waals surface area contributed by atoms with Gasteiger partial charge in [0.05, 0.1) is 9.93 Å². The number of carbonyl (C=O) groups is 1. The molecule has 7 heteroatoms. The number of thiazole rings is 1. The zero-order valence-electron chi connectivity index (χ0n) is 9.00. The fourth-order valence-electron chi connectivity index (χ4n) is 1.44. The maximum absolute atomic E-state index is 10.7. The fraction of sp³-hybridized carbons (Fsp3) is 0.0909. The van der Waals surface area contributed by atoms with Crippen LogP contribution in [0.4, 0.5) is 5.69 Å². The van der Waals surface area contributed by atoms with Crippen LogP contribution in [0.15, 0.2) is 23.6 Å². The lowest BCUT2D eigenvalue weighted by Crippen LogP contribution is -1.93. The van der Waals surface area contributed by atoms with Gasteiger partial charge in [-0.1, -0.05) is 17.7 Å². The number of aromatic nitrogens is 1. The number of nitrogens with zero attached hydrogens (tertiary/aromatic N) is 2. The highest BCUT2D eigenvalue weighted by molar-refractivity contribution is 7.09. The number of carbonyl (C=O) groups excluding carboxylic acids is 1. The minimum absolute atomic E-state index is 0.108. The maximum atomic E-state index is 10.7. The van der Waals surface area contributed by atoms with Gasteiger partial charge in [0.25, 0.3) is 5.69 Å². The van der Waals surface area contributed by atoms with Gasteiger partial charge in [0.2, 0.25) is 0 Å². The molecule has 0 amide bonds. The topological polar surface area (TPSA) is 73.1 Å². The summed E-state index contributed by atoms with van der Waals surface area (Å²) in [7, 11) is 0. The third-order valence-corrected chi connectivity index (χ3v) is 3.44. The molecule has 0 unspecified atom stereocenters. The second-order valence-corrected chi connectivity index (χ2v) is 4.85. The summed E-state index contributed by atoms with van der Waals surface area (Å²) < 4.78 is 0. The number of halogens is 1. The Bertz CT molecular complexity index is 612. The van der Waals surface area contributed by atoms with E-state index in [9.17, 15) is 14.9 Å². The van der Waals surface area contributed by atoms with Crippen LogP contribution in [0.25, 0.3) is 0 Å². The van der Waals surface area contributed by atoms with E-state index in [-0.39, 0.29) is 10.7 Å². The first-order valence-corrected chi connectivity index (χ1v) is 6.18. The van der Waals surface area contributed by atoms with Crippen molar-refractivity contribution in [1.29, 1.82) is 0 Å². The van der Waals surface area contributed by atoms with Crippen LogP contribution < -0.4 is 0 Å². The van der Waals surface area contributed by atoms with Crippen LogP contribution in [-0.4, -0.2) is 16.2 Å². The van der Waals surface area contributed by atoms with Crippen LogP contribution in [-0.2, 0) is 6.42 Å². The highest BCUT2D eigenvalue weighted by Gasteiger charge is 2.13. The second-order valence-electron chi connectivity index (χ2n) is 3.50. The third kappa shape index (κ3) is 2.72. The summed E-state index contributed by atoms with van der Waals surface area (Å²) in [6, 6.07) is 4.62. The third-order valence-electron chi connectivity index (χ3n) is 2.25. The van der Waals surface area contributed by atoms with Crippen molar-refractivity contribution >= 4 is 34.9 Å². The molecule has 1 aromatic heterocycles. The SMILES string of the molecule is O=Cc1csc(Cc2ccc(Cl)c([N+](=O)[O-])c2)n1. The fourth-order valence-corrected chi connectivity index (χ4v) is 2.40. The maximum Gasteiger partial charge on any atom is 0.288 e. The number of nitro groups is 1. The summed E-state index contributed by atoms with van der Waals surface area (Å²) in [5.74, 6) is 0. The molecule has 0 N–H and O–H groups in total. The van der Waals surface area contributed by atoms with Crippen molar-refractivity contribution in [3.63, 3.8) is 0 Å². The first kappa shape index (κ1) is 12.7. The van der Waals surface area contributed by atoms with Crippen molar-refractivity contribution < 1.29 is 9.72 Å². The van der Waals surface area contributed by atoms with Crippen molar-refractivity contribution in [3.8, 4) is 0 Å². The van der Waals surface area contributed by atoms with E-state index >= 15 is 0 Å². The molecule has 0 aliphatic carbocycles. The van der Waals surface area contributed by atoms with Crippen LogP contribution >= 0.6 is 22.9 Å². The summed E-state index contributed by atoms with van der Waals surface area (Å²) in [6.45, 7) is 0. The largest absolute Gasteiger partial charge is 0.296 e. The molecular formula is C11H7ClN2O3S. The van der Waals surface area contributed by atoms with E-state index in [2.05, 4.69) is 4.98 Å². The first-order valence-electron chi connectivity index (χ1n) is 4.92. The van der Waals surface area contributed by atoms with Crippen molar-refractivity contribution in [1.82, 2.24) is 4.98 Å². The van der Waals surface area contributed by atoms with Crippen LogP contribution in [0, 0.1) is 10.1 Å². The molecule has 0 spiro atoms. The van der Waals surface area contributed by atoms with E-state index in [0.29, 0.717) is 18.4 Å². The molecule has 2 rings (SSSR count). The quantitative estimate of drug-likeness (QED) is 0.491. The molecule has 1 aromatic carbocycles. The van der Waals surface area contributed by atoms with Gasteiger partial charge in [-0.15, -0.1) is 11.3 Å². The Hall–Kier alpha value is -1.79. The molecule has 92 valence electrons. The van der Waals surface area contributed by atoms with Gasteiger partial charge in [0.15, 0.2) is 6.29 Å². The van der Waals surface area contributed by atoms with Gasteiger partial charge in [-0.25, -0.2) is 4.98 Å². The molecule has 0 saturated carbocycles. The monoisotopic (exact) mass is 282 g/mol. The molecule has 0 saturated heterocycles. The average Bonchev–Trinajstić information content (AvgIpc) is 2.79. The Morgan fingerprint density at radius 1 is 1.50 bits per heavy atom. The van der Waals surface area contributed by atoms with Gasteiger partial charge in [-0.3, -0.25) is 14.9 Å². The van der Waals surface area contributed by atoms with Gasteiger partial charge in [0.1, 0.15) is 10.7 Å². The Kier molecular flexibility index (Phi) is 3.69. The van der Waals surface area contributed by atoms with E-state index in [1.807, 2.05) is 0 Å². The highest BCUT2D eigenvalue weighted by Crippen LogP contribution is 2.26. The minimum atomic E-state index is -0.523. The van der Waals surface area contributed by atoms with E-state index in [1.54, 1.807) is 11.4 Å². The second kappa shape index (κ2) is 5.24. The molecule has 2 aromatic rings. The molecule has 0 aliphatic rings. The van der Waals surface area contributed by atoms with Gasteiger partial charge in [0, 0.05) is 17.9 Å². The normalized spacial score (nSPS) is 10.3. The number of nitro benzene ring substituents is 1. The Morgan fingerprint density at radius 3 is 2.89 bits per heavy atom. The van der Waals surface area contributed by atoms with Crippen molar-refractivity contribution in [2.24, 2.45) is 0 Å². The molecule has 0 radical (unpaired) electrons. The predicted molar refractivity (Wildman–Crippen MR) is 68.4 cm³/mol. The Balaban J connectivity index is 2.26. The molecule has 0 aliphatic heterocycles. The predicted octanol–water partition coefficient (Wildman–Crippen LogP) is 3.11. The van der Waals surface area contributed by atoms with Crippen molar-refractivity contribution in [3.05, 3.63) is 55.0 Å². The van der Waals surface area contributed by atoms with E-state index in [0.717, 1.165) is 10.6 Å². The highest BCUT2D eigenvalue weighted by atomic mass is 35.5. The van der Waals surface area contributed by atoms with Crippen molar-refractivity contribution in [2.45, 2.75) is 6.42 Å². The van der Waals surface area contributed by atoms with Crippen LogP contribution in [0.5, 0.6) is 0 Å². The molecule has 0 bridgehead atoms. The number of hydrogen-bond acceptors (Lipinski definition) is 5. The lowest BCUT2D eigenvalue weighted by Gasteiger charge is -2.00. The lowest BCUT2D eigenvalue weighted by molar-refractivity contribution is -0.384. The Labute approximate surface area is 111 Å². The summed E-state index contributed by atoms with van der Waals surface area (Å²) in [5.41, 5.74) is 0.984. The molecular weight excluding hydrogens is 276 g/mol. The van der Waals surface area contributed by atoms with Crippen LogP contribution in [0.3, 0.4) is 0 Å². The summed E-state index contributed by atoms with van der Waals surface area (Å²) in [4.78, 5) is 24.8.